The van der Waals surface area contributed by atoms with Crippen LogP contribution in [0.5, 0.6) is 0 Å². The van der Waals surface area contributed by atoms with Gasteiger partial charge >= 0.3 is 0 Å². The normalized spacial score (nSPS) is 15.8. The van der Waals surface area contributed by atoms with E-state index in [4.69, 9.17) is 0 Å². The Hall–Kier alpha value is -3.06. The molecule has 1 saturated heterocycles. The first-order chi connectivity index (χ1) is 17.0. The summed E-state index contributed by atoms with van der Waals surface area (Å²) < 4.78 is 0. The molecule has 1 atom stereocenters. The van der Waals surface area contributed by atoms with Gasteiger partial charge in [0.1, 0.15) is 11.6 Å². The number of carbonyl (C=O) groups is 2. The SMILES string of the molecule is CCC(=O)CCCCC[C@H](NC(=O)C1CCN(C)CC1)c1ncc(-c2cc3ccccc3cn2)[nH]1. The van der Waals surface area contributed by atoms with E-state index in [9.17, 15) is 9.59 Å². The van der Waals surface area contributed by atoms with Gasteiger partial charge in [-0.15, -0.1) is 0 Å². The van der Waals surface area contributed by atoms with Crippen molar-refractivity contribution < 1.29 is 9.59 Å². The minimum absolute atomic E-state index is 0.0486. The van der Waals surface area contributed by atoms with Gasteiger partial charge in [-0.1, -0.05) is 44.0 Å². The van der Waals surface area contributed by atoms with Gasteiger partial charge in [0.05, 0.1) is 23.6 Å². The van der Waals surface area contributed by atoms with Crippen LogP contribution in [-0.2, 0) is 9.59 Å². The molecular weight excluding hydrogens is 438 g/mol. The molecule has 1 amide bonds. The number of rotatable bonds is 11. The first-order valence-electron chi connectivity index (χ1n) is 12.9. The fraction of sp³-hybridized carbons (Fsp3) is 0.500. The second kappa shape index (κ2) is 12.1. The van der Waals surface area contributed by atoms with Crippen LogP contribution in [0.1, 0.15) is 70.2 Å². The van der Waals surface area contributed by atoms with Crippen LogP contribution < -0.4 is 5.32 Å². The molecule has 2 N–H and O–H groups in total. The Labute approximate surface area is 207 Å². The average molecular weight is 476 g/mol. The zero-order valence-corrected chi connectivity index (χ0v) is 20.9. The number of imidazole rings is 1. The second-order valence-electron chi connectivity index (χ2n) is 9.73. The Kier molecular flexibility index (Phi) is 8.64. The van der Waals surface area contributed by atoms with Gasteiger partial charge in [0.2, 0.25) is 5.91 Å². The summed E-state index contributed by atoms with van der Waals surface area (Å²) in [6, 6.07) is 10.0. The second-order valence-corrected chi connectivity index (χ2v) is 9.73. The maximum absolute atomic E-state index is 13.1. The highest BCUT2D eigenvalue weighted by Crippen LogP contribution is 2.25. The van der Waals surface area contributed by atoms with Crippen LogP contribution in [0.3, 0.4) is 0 Å². The largest absolute Gasteiger partial charge is 0.346 e. The van der Waals surface area contributed by atoms with Crippen molar-refractivity contribution in [1.82, 2.24) is 25.2 Å². The highest BCUT2D eigenvalue weighted by molar-refractivity contribution is 5.84. The summed E-state index contributed by atoms with van der Waals surface area (Å²) in [6.07, 6.45) is 10.3. The van der Waals surface area contributed by atoms with E-state index in [1.807, 2.05) is 31.3 Å². The third kappa shape index (κ3) is 6.75. The van der Waals surface area contributed by atoms with Gasteiger partial charge in [-0.2, -0.15) is 0 Å². The van der Waals surface area contributed by atoms with Gasteiger partial charge < -0.3 is 15.2 Å². The lowest BCUT2D eigenvalue weighted by molar-refractivity contribution is -0.127. The number of likely N-dealkylation sites (tertiary alicyclic amines) is 1. The number of hydrogen-bond acceptors (Lipinski definition) is 5. The summed E-state index contributed by atoms with van der Waals surface area (Å²) in [5.74, 6) is 1.25. The Morgan fingerprint density at radius 1 is 1.09 bits per heavy atom. The summed E-state index contributed by atoms with van der Waals surface area (Å²) >= 11 is 0. The number of fused-ring (bicyclic) bond motifs is 1. The van der Waals surface area contributed by atoms with Crippen molar-refractivity contribution in [2.45, 2.75) is 64.3 Å². The molecule has 4 rings (SSSR count). The lowest BCUT2D eigenvalue weighted by Crippen LogP contribution is -2.40. The number of carbonyl (C=O) groups excluding carboxylic acids is 2. The monoisotopic (exact) mass is 475 g/mol. The smallest absolute Gasteiger partial charge is 0.223 e. The molecule has 0 unspecified atom stereocenters. The van der Waals surface area contributed by atoms with Crippen molar-refractivity contribution >= 4 is 22.5 Å². The number of piperidine rings is 1. The van der Waals surface area contributed by atoms with Crippen LogP contribution >= 0.6 is 0 Å². The number of aromatic nitrogens is 3. The first-order valence-corrected chi connectivity index (χ1v) is 12.9. The Morgan fingerprint density at radius 2 is 1.86 bits per heavy atom. The van der Waals surface area contributed by atoms with E-state index in [2.05, 4.69) is 44.3 Å². The summed E-state index contributed by atoms with van der Waals surface area (Å²) in [6.45, 7) is 3.81. The van der Waals surface area contributed by atoms with Crippen molar-refractivity contribution in [1.29, 1.82) is 0 Å². The fourth-order valence-electron chi connectivity index (χ4n) is 4.74. The van der Waals surface area contributed by atoms with E-state index in [1.54, 1.807) is 6.20 Å². The number of amides is 1. The summed E-state index contributed by atoms with van der Waals surface area (Å²) in [4.78, 5) is 39.7. The minimum atomic E-state index is -0.182. The number of nitrogens with zero attached hydrogens (tertiary/aromatic N) is 3. The molecule has 7 nitrogen and oxygen atoms in total. The molecule has 1 aliphatic heterocycles. The molecule has 0 radical (unpaired) electrons. The van der Waals surface area contributed by atoms with Gasteiger partial charge in [-0.05, 0) is 57.3 Å². The molecule has 0 aliphatic carbocycles. The molecule has 3 aromatic rings. The van der Waals surface area contributed by atoms with Gasteiger partial charge in [0.15, 0.2) is 0 Å². The highest BCUT2D eigenvalue weighted by atomic mass is 16.2. The number of hydrogen-bond donors (Lipinski definition) is 2. The number of ketones is 1. The highest BCUT2D eigenvalue weighted by Gasteiger charge is 2.26. The fourth-order valence-corrected chi connectivity index (χ4v) is 4.74. The summed E-state index contributed by atoms with van der Waals surface area (Å²) in [5, 5.41) is 5.51. The molecule has 35 heavy (non-hydrogen) atoms. The zero-order valence-electron chi connectivity index (χ0n) is 20.9. The maximum Gasteiger partial charge on any atom is 0.223 e. The van der Waals surface area contributed by atoms with E-state index in [-0.39, 0.29) is 17.9 Å². The Balaban J connectivity index is 1.45. The first kappa shape index (κ1) is 25.0. The van der Waals surface area contributed by atoms with E-state index >= 15 is 0 Å². The number of aromatic amines is 1. The van der Waals surface area contributed by atoms with Gasteiger partial charge in [-0.25, -0.2) is 4.98 Å². The van der Waals surface area contributed by atoms with E-state index in [0.29, 0.717) is 18.6 Å². The number of Topliss-reactive ketones (excluding diaryl/α,β-unsaturated/α-hetero) is 1. The quantitative estimate of drug-likeness (QED) is 0.379. The standard InChI is InChI=1S/C28H37N5O2/c1-3-23(34)11-5-4-6-12-24(32-28(35)20-13-15-33(2)16-14-20)27-30-19-26(31-27)25-17-21-9-7-8-10-22(21)18-29-25/h7-10,17-20,24H,3-6,11-16H2,1-2H3,(H,30,31)(H,32,35)/t24-/m0/s1. The van der Waals surface area contributed by atoms with Crippen LogP contribution in [0.4, 0.5) is 0 Å². The molecule has 0 saturated carbocycles. The summed E-state index contributed by atoms with van der Waals surface area (Å²) in [5.41, 5.74) is 1.68. The predicted molar refractivity (Wildman–Crippen MR) is 139 cm³/mol. The average Bonchev–Trinajstić information content (AvgIpc) is 3.38. The predicted octanol–water partition coefficient (Wildman–Crippen LogP) is 5.05. The van der Waals surface area contributed by atoms with Gasteiger partial charge in [0.25, 0.3) is 0 Å². The minimum Gasteiger partial charge on any atom is -0.346 e. The number of benzene rings is 1. The van der Waals surface area contributed by atoms with E-state index in [0.717, 1.165) is 79.6 Å². The topological polar surface area (TPSA) is 91.0 Å². The van der Waals surface area contributed by atoms with Gasteiger partial charge in [0, 0.05) is 30.3 Å². The molecule has 1 aromatic carbocycles. The van der Waals surface area contributed by atoms with E-state index < -0.39 is 0 Å². The Morgan fingerprint density at radius 3 is 2.63 bits per heavy atom. The number of unbranched alkanes of at least 4 members (excludes halogenated alkanes) is 2. The van der Waals surface area contributed by atoms with Crippen LogP contribution in [0.2, 0.25) is 0 Å². The molecule has 186 valence electrons. The van der Waals surface area contributed by atoms with Crippen molar-refractivity contribution in [3.63, 3.8) is 0 Å². The van der Waals surface area contributed by atoms with Crippen molar-refractivity contribution in [2.75, 3.05) is 20.1 Å². The molecule has 7 heteroatoms. The molecular formula is C28H37N5O2. The molecule has 2 aromatic heterocycles. The van der Waals surface area contributed by atoms with Crippen LogP contribution in [0, 0.1) is 5.92 Å². The number of H-pyrrole nitrogens is 1. The molecule has 0 bridgehead atoms. The van der Waals surface area contributed by atoms with Crippen molar-refractivity contribution in [2.24, 2.45) is 5.92 Å². The van der Waals surface area contributed by atoms with E-state index in [1.165, 1.54) is 0 Å². The Bertz CT molecular complexity index is 1130. The van der Waals surface area contributed by atoms with Crippen molar-refractivity contribution in [3.8, 4) is 11.4 Å². The van der Waals surface area contributed by atoms with Crippen LogP contribution in [-0.4, -0.2) is 51.7 Å². The van der Waals surface area contributed by atoms with Crippen LogP contribution in [0.15, 0.2) is 42.7 Å². The third-order valence-electron chi connectivity index (χ3n) is 7.08. The number of nitrogens with one attached hydrogen (secondary N) is 2. The maximum atomic E-state index is 13.1. The lowest BCUT2D eigenvalue weighted by Gasteiger charge is -2.29. The molecule has 1 aliphatic rings. The van der Waals surface area contributed by atoms with Crippen molar-refractivity contribution in [3.05, 3.63) is 48.5 Å². The third-order valence-corrected chi connectivity index (χ3v) is 7.08. The zero-order chi connectivity index (χ0) is 24.6. The van der Waals surface area contributed by atoms with Crippen LogP contribution in [0.25, 0.3) is 22.2 Å². The summed E-state index contributed by atoms with van der Waals surface area (Å²) in [7, 11) is 2.10. The van der Waals surface area contributed by atoms with Gasteiger partial charge in [-0.3, -0.25) is 14.6 Å². The molecule has 3 heterocycles. The molecule has 1 fully saturated rings. The molecule has 0 spiro atoms. The number of pyridine rings is 1. The lowest BCUT2D eigenvalue weighted by atomic mass is 9.95.